The molecule has 0 aliphatic carbocycles. The van der Waals surface area contributed by atoms with Gasteiger partial charge in [-0.2, -0.15) is 0 Å². The number of rotatable bonds is 7. The van der Waals surface area contributed by atoms with Gasteiger partial charge in [0, 0.05) is 20.1 Å². The fourth-order valence-electron chi connectivity index (χ4n) is 1.52. The summed E-state index contributed by atoms with van der Waals surface area (Å²) in [6.07, 6.45) is 1.81. The van der Waals surface area contributed by atoms with Crippen LogP contribution in [0, 0.1) is 5.92 Å². The predicted octanol–water partition coefficient (Wildman–Crippen LogP) is 1.01. The van der Waals surface area contributed by atoms with Crippen LogP contribution in [0.5, 0.6) is 0 Å². The van der Waals surface area contributed by atoms with E-state index in [1.807, 2.05) is 4.68 Å². The monoisotopic (exact) mass is 227 g/mol. The summed E-state index contributed by atoms with van der Waals surface area (Å²) >= 11 is 0. The van der Waals surface area contributed by atoms with E-state index in [-0.39, 0.29) is 6.61 Å². The van der Waals surface area contributed by atoms with Crippen molar-refractivity contribution in [3.05, 3.63) is 11.4 Å². The Balaban J connectivity index is 2.70. The van der Waals surface area contributed by atoms with Crippen molar-refractivity contribution in [3.8, 4) is 0 Å². The van der Waals surface area contributed by atoms with E-state index in [0.717, 1.165) is 25.1 Å². The lowest BCUT2D eigenvalue weighted by atomic mass is 10.1. The average Bonchev–Trinajstić information content (AvgIpc) is 2.65. The minimum Gasteiger partial charge on any atom is -0.390 e. The topological polar surface area (TPSA) is 60.2 Å². The fraction of sp³-hybridized carbons (Fsp3) is 0.818. The van der Waals surface area contributed by atoms with Gasteiger partial charge in [0.2, 0.25) is 0 Å². The van der Waals surface area contributed by atoms with Crippen LogP contribution in [0.2, 0.25) is 0 Å². The van der Waals surface area contributed by atoms with Crippen LogP contribution in [0.3, 0.4) is 0 Å². The Labute approximate surface area is 96.4 Å². The molecule has 0 radical (unpaired) electrons. The van der Waals surface area contributed by atoms with Crippen molar-refractivity contribution in [1.29, 1.82) is 0 Å². The van der Waals surface area contributed by atoms with Crippen molar-refractivity contribution in [2.45, 2.75) is 39.8 Å². The lowest BCUT2D eigenvalue weighted by molar-refractivity contribution is 0.198. The lowest BCUT2D eigenvalue weighted by Gasteiger charge is -2.08. The number of aliphatic hydroxyl groups is 1. The maximum Gasteiger partial charge on any atom is 0.111 e. The Bertz CT molecular complexity index is 310. The van der Waals surface area contributed by atoms with Crippen molar-refractivity contribution in [1.82, 2.24) is 15.0 Å². The molecule has 1 heterocycles. The molecule has 0 amide bonds. The zero-order chi connectivity index (χ0) is 12.0. The first-order valence-corrected chi connectivity index (χ1v) is 5.70. The number of ether oxygens (including phenoxy) is 1. The van der Waals surface area contributed by atoms with E-state index >= 15 is 0 Å². The smallest absolute Gasteiger partial charge is 0.111 e. The summed E-state index contributed by atoms with van der Waals surface area (Å²) in [7, 11) is 1.67. The van der Waals surface area contributed by atoms with Gasteiger partial charge in [0.05, 0.1) is 18.9 Å². The highest BCUT2D eigenvalue weighted by Gasteiger charge is 2.11. The molecule has 0 spiro atoms. The highest BCUT2D eigenvalue weighted by Crippen LogP contribution is 2.10. The van der Waals surface area contributed by atoms with E-state index < -0.39 is 0 Å². The molecule has 5 nitrogen and oxygen atoms in total. The van der Waals surface area contributed by atoms with Crippen molar-refractivity contribution in [2.75, 3.05) is 13.7 Å². The third kappa shape index (κ3) is 3.57. The molecule has 0 saturated carbocycles. The molecule has 16 heavy (non-hydrogen) atoms. The maximum atomic E-state index is 9.15. The summed E-state index contributed by atoms with van der Waals surface area (Å²) in [6.45, 7) is 5.78. The van der Waals surface area contributed by atoms with Gasteiger partial charge in [-0.25, -0.2) is 4.68 Å². The Morgan fingerprint density at radius 2 is 2.19 bits per heavy atom. The predicted molar refractivity (Wildman–Crippen MR) is 61.0 cm³/mol. The first kappa shape index (κ1) is 13.1. The minimum atomic E-state index is -0.0548. The minimum absolute atomic E-state index is 0.0548. The molecule has 1 aromatic heterocycles. The molecule has 1 aromatic rings. The molecule has 0 atom stereocenters. The Kier molecular flexibility index (Phi) is 5.42. The number of aliphatic hydroxyl groups excluding tert-OH is 1. The van der Waals surface area contributed by atoms with Gasteiger partial charge < -0.3 is 9.84 Å². The van der Waals surface area contributed by atoms with Crippen LogP contribution in [-0.2, 0) is 24.3 Å². The second-order valence-corrected chi connectivity index (χ2v) is 4.29. The number of methoxy groups -OCH3 is 1. The molecule has 0 aliphatic rings. The first-order valence-electron chi connectivity index (χ1n) is 5.70. The van der Waals surface area contributed by atoms with Gasteiger partial charge in [-0.05, 0) is 12.3 Å². The van der Waals surface area contributed by atoms with Gasteiger partial charge in [0.1, 0.15) is 5.69 Å². The quantitative estimate of drug-likeness (QED) is 0.755. The van der Waals surface area contributed by atoms with Crippen LogP contribution in [-0.4, -0.2) is 33.8 Å². The fourth-order valence-corrected chi connectivity index (χ4v) is 1.52. The standard InChI is InChI=1S/C11H21N3O2/c1-9(2)4-6-14-11(5-7-16-3)10(8-15)12-13-14/h9,15H,4-8H2,1-3H3. The Hall–Kier alpha value is -0.940. The van der Waals surface area contributed by atoms with Crippen LogP contribution in [0.4, 0.5) is 0 Å². The molecule has 92 valence electrons. The molecule has 0 aromatic carbocycles. The largest absolute Gasteiger partial charge is 0.390 e. The molecule has 0 unspecified atom stereocenters. The van der Waals surface area contributed by atoms with Crippen LogP contribution in [0.1, 0.15) is 31.7 Å². The van der Waals surface area contributed by atoms with Crippen LogP contribution in [0.25, 0.3) is 0 Å². The van der Waals surface area contributed by atoms with Crippen LogP contribution < -0.4 is 0 Å². The number of hydrogen-bond acceptors (Lipinski definition) is 4. The van der Waals surface area contributed by atoms with Gasteiger partial charge in [-0.3, -0.25) is 0 Å². The number of aryl methyl sites for hydroxylation is 1. The molecule has 0 fully saturated rings. The van der Waals surface area contributed by atoms with Crippen LogP contribution >= 0.6 is 0 Å². The molecule has 0 bridgehead atoms. The van der Waals surface area contributed by atoms with Gasteiger partial charge in [0.15, 0.2) is 0 Å². The number of hydrogen-bond donors (Lipinski definition) is 1. The summed E-state index contributed by atoms with van der Waals surface area (Å²) in [5, 5.41) is 17.2. The van der Waals surface area contributed by atoms with Crippen molar-refractivity contribution >= 4 is 0 Å². The average molecular weight is 227 g/mol. The third-order valence-electron chi connectivity index (χ3n) is 2.53. The Morgan fingerprint density at radius 3 is 2.75 bits per heavy atom. The van der Waals surface area contributed by atoms with E-state index in [1.165, 1.54) is 0 Å². The summed E-state index contributed by atoms with van der Waals surface area (Å²) in [6, 6.07) is 0. The molecule has 0 saturated heterocycles. The van der Waals surface area contributed by atoms with E-state index in [0.29, 0.717) is 18.2 Å². The number of aromatic nitrogens is 3. The third-order valence-corrected chi connectivity index (χ3v) is 2.53. The van der Waals surface area contributed by atoms with Crippen molar-refractivity contribution in [2.24, 2.45) is 5.92 Å². The van der Waals surface area contributed by atoms with Crippen molar-refractivity contribution in [3.63, 3.8) is 0 Å². The normalized spacial score (nSPS) is 11.3. The molecular weight excluding hydrogens is 206 g/mol. The molecule has 0 aliphatic heterocycles. The van der Waals surface area contributed by atoms with Gasteiger partial charge >= 0.3 is 0 Å². The summed E-state index contributed by atoms with van der Waals surface area (Å²) < 4.78 is 6.92. The highest BCUT2D eigenvalue weighted by atomic mass is 16.5. The van der Waals surface area contributed by atoms with E-state index in [2.05, 4.69) is 24.2 Å². The Morgan fingerprint density at radius 1 is 1.44 bits per heavy atom. The summed E-state index contributed by atoms with van der Waals surface area (Å²) in [4.78, 5) is 0. The van der Waals surface area contributed by atoms with Gasteiger partial charge in [0.25, 0.3) is 0 Å². The second kappa shape index (κ2) is 6.60. The maximum absolute atomic E-state index is 9.15. The first-order chi connectivity index (χ1) is 7.69. The zero-order valence-electron chi connectivity index (χ0n) is 10.3. The van der Waals surface area contributed by atoms with E-state index in [4.69, 9.17) is 9.84 Å². The molecular formula is C11H21N3O2. The van der Waals surface area contributed by atoms with E-state index in [1.54, 1.807) is 7.11 Å². The number of nitrogens with zero attached hydrogens (tertiary/aromatic N) is 3. The lowest BCUT2D eigenvalue weighted by Crippen LogP contribution is -2.10. The molecule has 1 N–H and O–H groups in total. The van der Waals surface area contributed by atoms with Crippen molar-refractivity contribution < 1.29 is 9.84 Å². The van der Waals surface area contributed by atoms with Crippen LogP contribution in [0.15, 0.2) is 0 Å². The van der Waals surface area contributed by atoms with E-state index in [9.17, 15) is 0 Å². The molecule has 1 rings (SSSR count). The highest BCUT2D eigenvalue weighted by molar-refractivity contribution is 5.09. The SMILES string of the molecule is COCCc1c(CO)nnn1CCC(C)C. The zero-order valence-corrected chi connectivity index (χ0v) is 10.3. The summed E-state index contributed by atoms with van der Waals surface area (Å²) in [5.74, 6) is 0.636. The summed E-state index contributed by atoms with van der Waals surface area (Å²) in [5.41, 5.74) is 1.66. The van der Waals surface area contributed by atoms with Gasteiger partial charge in [-0.1, -0.05) is 19.1 Å². The second-order valence-electron chi connectivity index (χ2n) is 4.29. The molecule has 5 heteroatoms. The van der Waals surface area contributed by atoms with Gasteiger partial charge in [-0.15, -0.1) is 5.10 Å².